The fraction of sp³-hybridized carbons (Fsp3) is 0.526. The van der Waals surface area contributed by atoms with Gasteiger partial charge in [0.15, 0.2) is 0 Å². The molecule has 1 saturated heterocycles. The van der Waals surface area contributed by atoms with E-state index in [1.54, 1.807) is 23.1 Å². The lowest BCUT2D eigenvalue weighted by Crippen LogP contribution is -2.45. The van der Waals surface area contributed by atoms with Gasteiger partial charge in [-0.25, -0.2) is 8.42 Å². The molecule has 1 aliphatic rings. The number of sulfone groups is 1. The zero-order valence-corrected chi connectivity index (χ0v) is 17.6. The van der Waals surface area contributed by atoms with Crippen molar-refractivity contribution in [3.63, 3.8) is 0 Å². The van der Waals surface area contributed by atoms with E-state index in [9.17, 15) is 13.2 Å². The maximum atomic E-state index is 12.7. The quantitative estimate of drug-likeness (QED) is 0.667. The Morgan fingerprint density at radius 1 is 1.24 bits per heavy atom. The van der Waals surface area contributed by atoms with E-state index >= 15 is 0 Å². The van der Waals surface area contributed by atoms with Gasteiger partial charge in [-0.2, -0.15) is 0 Å². The first kappa shape index (κ1) is 21.1. The monoisotopic (exact) mass is 423 g/mol. The summed E-state index contributed by atoms with van der Waals surface area (Å²) in [4.78, 5) is 14.3. The first-order valence-corrected chi connectivity index (χ1v) is 11.1. The van der Waals surface area contributed by atoms with Crippen LogP contribution in [0.4, 0.5) is 0 Å². The number of carbonyl (C=O) groups is 1. The van der Waals surface area contributed by atoms with E-state index in [1.807, 2.05) is 6.92 Å². The van der Waals surface area contributed by atoms with E-state index in [0.717, 1.165) is 25.7 Å². The highest BCUT2D eigenvalue weighted by atomic mass is 32.2. The molecule has 0 saturated carbocycles. The molecule has 3 rings (SSSR count). The van der Waals surface area contributed by atoms with Crippen LogP contribution >= 0.6 is 0 Å². The number of nitrogens with zero attached hydrogens (tertiary/aromatic N) is 3. The molecular weight excluding hydrogens is 398 g/mol. The predicted octanol–water partition coefficient (Wildman–Crippen LogP) is 2.32. The van der Waals surface area contributed by atoms with Crippen molar-refractivity contribution in [2.45, 2.75) is 43.9 Å². The predicted molar refractivity (Wildman–Crippen MR) is 105 cm³/mol. The second-order valence-electron chi connectivity index (χ2n) is 6.84. The Bertz CT molecular complexity index is 972. The fourth-order valence-electron chi connectivity index (χ4n) is 3.49. The molecule has 0 bridgehead atoms. The second kappa shape index (κ2) is 8.81. The maximum Gasteiger partial charge on any atom is 0.336 e. The Morgan fingerprint density at radius 3 is 2.72 bits per heavy atom. The lowest BCUT2D eigenvalue weighted by atomic mass is 10.0. The normalized spacial score (nSPS) is 17.2. The number of aromatic nitrogens is 2. The summed E-state index contributed by atoms with van der Waals surface area (Å²) in [7, 11) is -1.09. The van der Waals surface area contributed by atoms with Gasteiger partial charge in [0.25, 0.3) is 5.89 Å². The van der Waals surface area contributed by atoms with Crippen LogP contribution in [0.2, 0.25) is 0 Å². The van der Waals surface area contributed by atoms with Crippen molar-refractivity contribution in [1.29, 1.82) is 0 Å². The summed E-state index contributed by atoms with van der Waals surface area (Å²) in [5.74, 6) is -0.213. The zero-order chi connectivity index (χ0) is 21.0. The topological polar surface area (TPSA) is 112 Å². The largest absolute Gasteiger partial charge is 0.497 e. The van der Waals surface area contributed by atoms with Gasteiger partial charge < -0.3 is 18.8 Å². The molecule has 0 radical (unpaired) electrons. The zero-order valence-electron chi connectivity index (χ0n) is 16.8. The summed E-state index contributed by atoms with van der Waals surface area (Å²) in [6.45, 7) is 2.57. The van der Waals surface area contributed by atoms with Crippen LogP contribution < -0.4 is 9.47 Å². The number of ether oxygens (including phenoxy) is 2. The number of methoxy groups -OCH3 is 2. The van der Waals surface area contributed by atoms with Crippen LogP contribution in [0.25, 0.3) is 11.5 Å². The van der Waals surface area contributed by atoms with Crippen molar-refractivity contribution in [3.05, 3.63) is 18.2 Å². The molecular formula is C19H25N3O6S. The van der Waals surface area contributed by atoms with E-state index < -0.39 is 26.7 Å². The van der Waals surface area contributed by atoms with Crippen molar-refractivity contribution in [3.8, 4) is 23.0 Å². The molecule has 1 aromatic heterocycles. The van der Waals surface area contributed by atoms with Crippen LogP contribution in [0.15, 0.2) is 27.8 Å². The van der Waals surface area contributed by atoms with Crippen molar-refractivity contribution in [2.24, 2.45) is 0 Å². The summed E-state index contributed by atoms with van der Waals surface area (Å²) >= 11 is 0. The van der Waals surface area contributed by atoms with Gasteiger partial charge in [-0.3, -0.25) is 4.79 Å². The summed E-state index contributed by atoms with van der Waals surface area (Å²) in [5.41, 5.74) is 0.397. The molecule has 0 N–H and O–H groups in total. The SMILES string of the molecule is CCC1CCCCN1C(=O)CS(=O)(=O)c1nnc(-c2cc(OC)ccc2OC)o1. The minimum absolute atomic E-state index is 0.0313. The van der Waals surface area contributed by atoms with Crippen LogP contribution in [0, 0.1) is 0 Å². The van der Waals surface area contributed by atoms with Gasteiger partial charge in [-0.15, -0.1) is 5.10 Å². The summed E-state index contributed by atoms with van der Waals surface area (Å²) < 4.78 is 41.3. The fourth-order valence-corrected chi connectivity index (χ4v) is 4.47. The Balaban J connectivity index is 1.83. The first-order valence-electron chi connectivity index (χ1n) is 9.47. The second-order valence-corrected chi connectivity index (χ2v) is 8.71. The van der Waals surface area contributed by atoms with Gasteiger partial charge in [-0.05, 0) is 43.9 Å². The third-order valence-electron chi connectivity index (χ3n) is 5.04. The number of likely N-dealkylation sites (tertiary alicyclic amines) is 1. The van der Waals surface area contributed by atoms with Crippen LogP contribution in [0.5, 0.6) is 11.5 Å². The Hall–Kier alpha value is -2.62. The lowest BCUT2D eigenvalue weighted by molar-refractivity contribution is -0.132. The van der Waals surface area contributed by atoms with Crippen molar-refractivity contribution >= 4 is 15.7 Å². The number of rotatable bonds is 7. The average Bonchev–Trinajstić information content (AvgIpc) is 3.24. The van der Waals surface area contributed by atoms with E-state index in [1.165, 1.54) is 14.2 Å². The molecule has 0 aliphatic carbocycles. The minimum Gasteiger partial charge on any atom is -0.497 e. The smallest absolute Gasteiger partial charge is 0.336 e. The summed E-state index contributed by atoms with van der Waals surface area (Å²) in [6, 6.07) is 5.02. The number of amides is 1. The van der Waals surface area contributed by atoms with Crippen LogP contribution in [-0.2, 0) is 14.6 Å². The summed E-state index contributed by atoms with van der Waals surface area (Å²) in [6.07, 6.45) is 3.61. The maximum absolute atomic E-state index is 12.7. The molecule has 29 heavy (non-hydrogen) atoms. The molecule has 1 aromatic carbocycles. The molecule has 1 unspecified atom stereocenters. The first-order chi connectivity index (χ1) is 13.9. The molecule has 1 aliphatic heterocycles. The molecule has 1 amide bonds. The number of piperidine rings is 1. The molecule has 2 aromatic rings. The number of benzene rings is 1. The molecule has 9 nitrogen and oxygen atoms in total. The third kappa shape index (κ3) is 4.52. The van der Waals surface area contributed by atoms with Crippen LogP contribution in [0.1, 0.15) is 32.6 Å². The Morgan fingerprint density at radius 2 is 2.03 bits per heavy atom. The van der Waals surface area contributed by atoms with E-state index in [2.05, 4.69) is 10.2 Å². The Kier molecular flexibility index (Phi) is 6.41. The minimum atomic E-state index is -4.07. The molecule has 10 heteroatoms. The molecule has 158 valence electrons. The lowest BCUT2D eigenvalue weighted by Gasteiger charge is -2.35. The average molecular weight is 423 g/mol. The van der Waals surface area contributed by atoms with Gasteiger partial charge in [0.05, 0.1) is 19.8 Å². The van der Waals surface area contributed by atoms with Crippen molar-refractivity contribution in [1.82, 2.24) is 15.1 Å². The summed E-state index contributed by atoms with van der Waals surface area (Å²) in [5, 5.41) is 6.90. The van der Waals surface area contributed by atoms with Gasteiger partial charge >= 0.3 is 5.22 Å². The number of hydrogen-bond acceptors (Lipinski definition) is 8. The van der Waals surface area contributed by atoms with Crippen molar-refractivity contribution in [2.75, 3.05) is 26.5 Å². The highest BCUT2D eigenvalue weighted by Crippen LogP contribution is 2.33. The van der Waals surface area contributed by atoms with Gasteiger partial charge in [-0.1, -0.05) is 12.0 Å². The van der Waals surface area contributed by atoms with E-state index in [0.29, 0.717) is 23.6 Å². The standard InChI is InChI=1S/C19H25N3O6S/c1-4-13-7-5-6-10-22(13)17(23)12-29(24,25)19-21-20-18(28-19)15-11-14(26-2)8-9-16(15)27-3/h8-9,11,13H,4-7,10,12H2,1-3H3. The van der Waals surface area contributed by atoms with Gasteiger partial charge in [0.1, 0.15) is 17.3 Å². The highest BCUT2D eigenvalue weighted by molar-refractivity contribution is 7.91. The molecule has 1 fully saturated rings. The molecule has 0 spiro atoms. The highest BCUT2D eigenvalue weighted by Gasteiger charge is 2.32. The van der Waals surface area contributed by atoms with E-state index in [-0.39, 0.29) is 11.9 Å². The van der Waals surface area contributed by atoms with E-state index in [4.69, 9.17) is 13.9 Å². The van der Waals surface area contributed by atoms with Crippen LogP contribution in [-0.4, -0.2) is 62.0 Å². The number of carbonyl (C=O) groups excluding carboxylic acids is 1. The Labute approximate surface area is 169 Å². The third-order valence-corrected chi connectivity index (χ3v) is 6.37. The van der Waals surface area contributed by atoms with Crippen molar-refractivity contribution < 1.29 is 27.1 Å². The van der Waals surface area contributed by atoms with Crippen LogP contribution in [0.3, 0.4) is 0 Å². The van der Waals surface area contributed by atoms with Gasteiger partial charge in [0, 0.05) is 12.6 Å². The molecule has 2 heterocycles. The number of hydrogen-bond donors (Lipinski definition) is 0. The molecule has 1 atom stereocenters. The van der Waals surface area contributed by atoms with Gasteiger partial charge in [0.2, 0.25) is 15.7 Å².